The monoisotopic (exact) mass is 487 g/mol. The molecular weight excluding hydrogens is 450 g/mol. The molecule has 7 nitrogen and oxygen atoms in total. The third-order valence-corrected chi connectivity index (χ3v) is 6.84. The van der Waals surface area contributed by atoms with Gasteiger partial charge in [-0.15, -0.1) is 0 Å². The maximum Gasteiger partial charge on any atom is 0.242 e. The number of aryl methyl sites for hydroxylation is 2. The first-order valence-corrected chi connectivity index (χ1v) is 13.4. The largest absolute Gasteiger partial charge is 0.352 e. The lowest BCUT2D eigenvalue weighted by molar-refractivity contribution is -0.140. The van der Waals surface area contributed by atoms with E-state index in [1.54, 1.807) is 17.9 Å². The molecule has 0 radical (unpaired) electrons. The highest BCUT2D eigenvalue weighted by molar-refractivity contribution is 7.92. The number of nitrogens with zero attached hydrogens (tertiary/aromatic N) is 2. The van der Waals surface area contributed by atoms with Crippen LogP contribution in [-0.2, 0) is 26.2 Å². The normalized spacial score (nSPS) is 12.3. The minimum atomic E-state index is -3.51. The van der Waals surface area contributed by atoms with Crippen molar-refractivity contribution in [1.29, 1.82) is 0 Å². The van der Waals surface area contributed by atoms with Crippen LogP contribution in [0.5, 0.6) is 0 Å². The van der Waals surface area contributed by atoms with Gasteiger partial charge in [-0.2, -0.15) is 0 Å². The number of hydrogen-bond donors (Lipinski definition) is 1. The van der Waals surface area contributed by atoms with E-state index in [4.69, 9.17) is 0 Å². The summed E-state index contributed by atoms with van der Waals surface area (Å²) in [5.41, 5.74) is 3.55. The predicted molar refractivity (Wildman–Crippen MR) is 137 cm³/mol. The van der Waals surface area contributed by atoms with Crippen LogP contribution in [0.25, 0.3) is 0 Å². The first-order valence-electron chi connectivity index (χ1n) is 11.6. The Morgan fingerprint density at radius 3 is 2.26 bits per heavy atom. The van der Waals surface area contributed by atoms with Crippen LogP contribution in [0.3, 0.4) is 0 Å². The lowest BCUT2D eigenvalue weighted by Gasteiger charge is -2.30. The topological polar surface area (TPSA) is 86.8 Å². The minimum Gasteiger partial charge on any atom is -0.352 e. The Bertz CT molecular complexity index is 1100. The van der Waals surface area contributed by atoms with Crippen LogP contribution in [0.2, 0.25) is 0 Å². The number of hydrogen-bond acceptors (Lipinski definition) is 4. The summed E-state index contributed by atoms with van der Waals surface area (Å²) in [4.78, 5) is 27.6. The molecule has 0 bridgehead atoms. The third kappa shape index (κ3) is 7.87. The van der Waals surface area contributed by atoms with E-state index in [0.717, 1.165) is 16.7 Å². The Hall–Kier alpha value is -2.87. The second-order valence-electron chi connectivity index (χ2n) is 9.07. The number of carbonyl (C=O) groups excluding carboxylic acids is 2. The molecule has 0 saturated carbocycles. The van der Waals surface area contributed by atoms with Crippen molar-refractivity contribution in [3.63, 3.8) is 0 Å². The molecule has 0 fully saturated rings. The number of rotatable bonds is 11. The zero-order valence-electron chi connectivity index (χ0n) is 21.0. The van der Waals surface area contributed by atoms with Crippen LogP contribution in [0.1, 0.15) is 50.3 Å². The van der Waals surface area contributed by atoms with Crippen LogP contribution in [0.4, 0.5) is 5.69 Å². The fourth-order valence-corrected chi connectivity index (χ4v) is 4.70. The zero-order chi connectivity index (χ0) is 25.5. The predicted octanol–water partition coefficient (Wildman–Crippen LogP) is 3.79. The number of benzene rings is 2. The molecule has 2 rings (SSSR count). The number of nitrogens with one attached hydrogen (secondary N) is 1. The van der Waals surface area contributed by atoms with Crippen LogP contribution < -0.4 is 9.62 Å². The Balaban J connectivity index is 2.18. The van der Waals surface area contributed by atoms with Crippen LogP contribution in [0, 0.1) is 13.8 Å². The van der Waals surface area contributed by atoms with Crippen LogP contribution in [0.15, 0.2) is 48.5 Å². The van der Waals surface area contributed by atoms with Crippen molar-refractivity contribution >= 4 is 27.5 Å². The Morgan fingerprint density at radius 1 is 1.00 bits per heavy atom. The quantitative estimate of drug-likeness (QED) is 0.522. The summed E-state index contributed by atoms with van der Waals surface area (Å²) < 4.78 is 26.1. The summed E-state index contributed by atoms with van der Waals surface area (Å²) >= 11 is 0. The van der Waals surface area contributed by atoms with Gasteiger partial charge in [-0.1, -0.05) is 36.4 Å². The molecule has 0 aliphatic rings. The van der Waals surface area contributed by atoms with Crippen molar-refractivity contribution in [3.8, 4) is 0 Å². The lowest BCUT2D eigenvalue weighted by atomic mass is 10.1. The van der Waals surface area contributed by atoms with Crippen LogP contribution >= 0.6 is 0 Å². The molecule has 0 aliphatic heterocycles. The maximum absolute atomic E-state index is 13.3. The van der Waals surface area contributed by atoms with Gasteiger partial charge >= 0.3 is 0 Å². The average molecular weight is 488 g/mol. The highest BCUT2D eigenvalue weighted by Crippen LogP contribution is 2.20. The summed E-state index contributed by atoms with van der Waals surface area (Å²) in [5, 5.41) is 2.88. The van der Waals surface area contributed by atoms with Crippen molar-refractivity contribution in [1.82, 2.24) is 10.2 Å². The molecule has 0 spiro atoms. The summed E-state index contributed by atoms with van der Waals surface area (Å²) in [6.45, 7) is 9.85. The Labute approximate surface area is 204 Å². The van der Waals surface area contributed by atoms with Gasteiger partial charge in [0.1, 0.15) is 6.04 Å². The summed E-state index contributed by atoms with van der Waals surface area (Å²) in [6, 6.07) is 14.4. The summed E-state index contributed by atoms with van der Waals surface area (Å²) in [5.74, 6) is -0.401. The first-order chi connectivity index (χ1) is 15.9. The summed E-state index contributed by atoms with van der Waals surface area (Å²) in [7, 11) is -3.51. The van der Waals surface area contributed by atoms with Gasteiger partial charge in [-0.05, 0) is 69.9 Å². The SMILES string of the molecule is Cc1cccc(N(CCCC(=O)N(Cc2ccccc2C)[C@@H](C)C(=O)NC(C)C)S(C)(=O)=O)c1. The van der Waals surface area contributed by atoms with E-state index in [9.17, 15) is 18.0 Å². The number of amides is 2. The van der Waals surface area contributed by atoms with Gasteiger partial charge in [0.25, 0.3) is 0 Å². The molecule has 2 aromatic carbocycles. The summed E-state index contributed by atoms with van der Waals surface area (Å²) in [6.07, 6.45) is 1.63. The molecule has 1 atom stereocenters. The molecule has 0 unspecified atom stereocenters. The fourth-order valence-electron chi connectivity index (χ4n) is 3.75. The molecule has 0 aliphatic carbocycles. The Morgan fingerprint density at radius 2 is 1.68 bits per heavy atom. The lowest BCUT2D eigenvalue weighted by Crippen LogP contribution is -2.49. The van der Waals surface area contributed by atoms with E-state index in [1.165, 1.54) is 10.6 Å². The standard InChI is InChI=1S/C26H37N3O4S/c1-19(2)27-26(31)22(5)28(18-23-13-8-7-12-21(23)4)25(30)15-10-16-29(34(6,32)33)24-14-9-11-20(3)17-24/h7-9,11-14,17,19,22H,10,15-16,18H2,1-6H3,(H,27,31)/t22-/m0/s1. The van der Waals surface area contributed by atoms with E-state index in [1.807, 2.05) is 70.2 Å². The number of carbonyl (C=O) groups is 2. The van der Waals surface area contributed by atoms with Gasteiger partial charge in [-0.25, -0.2) is 8.42 Å². The molecule has 186 valence electrons. The number of anilines is 1. The van der Waals surface area contributed by atoms with Crippen LogP contribution in [-0.4, -0.2) is 50.0 Å². The van der Waals surface area contributed by atoms with E-state index in [0.29, 0.717) is 18.7 Å². The van der Waals surface area contributed by atoms with Gasteiger partial charge in [-0.3, -0.25) is 13.9 Å². The van der Waals surface area contributed by atoms with Gasteiger partial charge in [0.15, 0.2) is 0 Å². The van der Waals surface area contributed by atoms with Gasteiger partial charge < -0.3 is 10.2 Å². The average Bonchev–Trinajstić information content (AvgIpc) is 2.74. The Kier molecular flexibility index (Phi) is 9.67. The second-order valence-corrected chi connectivity index (χ2v) is 11.0. The van der Waals surface area contributed by atoms with E-state index < -0.39 is 16.1 Å². The molecule has 0 saturated heterocycles. The minimum absolute atomic E-state index is 0.0389. The van der Waals surface area contributed by atoms with Gasteiger partial charge in [0, 0.05) is 25.6 Å². The van der Waals surface area contributed by atoms with Crippen molar-refractivity contribution in [3.05, 3.63) is 65.2 Å². The van der Waals surface area contributed by atoms with E-state index in [2.05, 4.69) is 5.32 Å². The smallest absolute Gasteiger partial charge is 0.242 e. The van der Waals surface area contributed by atoms with Crippen molar-refractivity contribution in [2.45, 2.75) is 66.1 Å². The molecule has 34 heavy (non-hydrogen) atoms. The van der Waals surface area contributed by atoms with Gasteiger partial charge in [0.2, 0.25) is 21.8 Å². The molecule has 0 aromatic heterocycles. The highest BCUT2D eigenvalue weighted by Gasteiger charge is 2.27. The fraction of sp³-hybridized carbons (Fsp3) is 0.462. The molecular formula is C26H37N3O4S. The molecule has 2 aromatic rings. The molecule has 8 heteroatoms. The molecule has 0 heterocycles. The molecule has 1 N–H and O–H groups in total. The maximum atomic E-state index is 13.3. The van der Waals surface area contributed by atoms with Crippen molar-refractivity contribution in [2.24, 2.45) is 0 Å². The highest BCUT2D eigenvalue weighted by atomic mass is 32.2. The third-order valence-electron chi connectivity index (χ3n) is 5.64. The number of sulfonamides is 1. The van der Waals surface area contributed by atoms with Crippen molar-refractivity contribution in [2.75, 3.05) is 17.1 Å². The van der Waals surface area contributed by atoms with E-state index >= 15 is 0 Å². The molecule has 2 amide bonds. The van der Waals surface area contributed by atoms with E-state index in [-0.39, 0.29) is 30.8 Å². The second kappa shape index (κ2) is 12.0. The first kappa shape index (κ1) is 27.4. The van der Waals surface area contributed by atoms with Crippen molar-refractivity contribution < 1.29 is 18.0 Å². The van der Waals surface area contributed by atoms with Gasteiger partial charge in [0.05, 0.1) is 11.9 Å². The zero-order valence-corrected chi connectivity index (χ0v) is 21.9.